The number of hydrogen-bond acceptors (Lipinski definition) is 7. The Balaban J connectivity index is 1.17. The minimum Gasteiger partial charge on any atom is -0.497 e. The lowest BCUT2D eigenvalue weighted by Crippen LogP contribution is -2.67. The molecule has 57 heavy (non-hydrogen) atoms. The van der Waals surface area contributed by atoms with Gasteiger partial charge in [-0.25, -0.2) is 0 Å². The van der Waals surface area contributed by atoms with Crippen LogP contribution in [0.4, 0.5) is 0 Å². The van der Waals surface area contributed by atoms with Gasteiger partial charge >= 0.3 is 0 Å². The minimum absolute atomic E-state index is 0.230. The van der Waals surface area contributed by atoms with E-state index in [1.165, 1.54) is 0 Å². The van der Waals surface area contributed by atoms with Crippen LogP contribution in [0.1, 0.15) is 46.4 Å². The van der Waals surface area contributed by atoms with Gasteiger partial charge in [-0.2, -0.15) is 0 Å². The number of carbonyl (C=O) groups excluding carboxylic acids is 1. The summed E-state index contributed by atoms with van der Waals surface area (Å²) >= 11 is 0. The van der Waals surface area contributed by atoms with Crippen LogP contribution in [0.2, 0.25) is 0 Å². The topological polar surface area (TPSA) is 84.5 Å². The third-order valence-electron chi connectivity index (χ3n) is 10.3. The van der Waals surface area contributed by atoms with Gasteiger partial charge in [-0.15, -0.1) is 0 Å². The number of amides is 1. The highest BCUT2D eigenvalue weighted by molar-refractivity contribution is 7.80. The molecule has 1 amide bonds. The summed E-state index contributed by atoms with van der Waals surface area (Å²) in [6.07, 6.45) is -3.82. The Bertz CT molecular complexity index is 2140. The molecule has 8 nitrogen and oxygen atoms in total. The Morgan fingerprint density at radius 3 is 1.98 bits per heavy atom. The summed E-state index contributed by atoms with van der Waals surface area (Å²) in [7, 11) is 0.556. The number of benzene rings is 6. The van der Waals surface area contributed by atoms with Crippen LogP contribution in [-0.4, -0.2) is 50.3 Å². The predicted octanol–water partition coefficient (Wildman–Crippen LogP) is 7.75. The minimum atomic E-state index is -1.08. The van der Waals surface area contributed by atoms with Crippen molar-refractivity contribution in [2.45, 2.75) is 56.6 Å². The van der Waals surface area contributed by atoms with E-state index < -0.39 is 44.9 Å². The number of nitrogens with one attached hydrogen (secondary N) is 1. The zero-order chi connectivity index (χ0) is 39.0. The molecule has 1 N–H and O–H groups in total. The van der Waals surface area contributed by atoms with Crippen LogP contribution in [-0.2, 0) is 30.3 Å². The second kappa shape index (κ2) is 18.4. The number of methoxy groups -OCH3 is 1. The van der Waals surface area contributed by atoms with Crippen LogP contribution in [0.3, 0.4) is 0 Å². The second-order valence-electron chi connectivity index (χ2n) is 14.1. The first kappa shape index (κ1) is 38.7. The zero-order valence-corrected chi connectivity index (χ0v) is 32.8. The van der Waals surface area contributed by atoms with E-state index in [-0.39, 0.29) is 25.2 Å². The van der Waals surface area contributed by atoms with Crippen molar-refractivity contribution >= 4 is 29.7 Å². The fourth-order valence-electron chi connectivity index (χ4n) is 7.42. The smallest absolute Gasteiger partial charge is 0.252 e. The van der Waals surface area contributed by atoms with Gasteiger partial charge in [0, 0.05) is 11.1 Å². The quantitative estimate of drug-likeness (QED) is 0.120. The molecule has 0 aliphatic carbocycles. The average molecular weight is 780 g/mol. The van der Waals surface area contributed by atoms with E-state index >= 15 is 0 Å². The zero-order valence-electron chi connectivity index (χ0n) is 31.9. The van der Waals surface area contributed by atoms with E-state index in [1.54, 1.807) is 7.11 Å². The molecule has 0 saturated carbocycles. The summed E-state index contributed by atoms with van der Waals surface area (Å²) < 4.78 is 38.8. The lowest BCUT2D eigenvalue weighted by molar-refractivity contribution is -0.352. The maximum Gasteiger partial charge on any atom is 0.252 e. The van der Waals surface area contributed by atoms with Crippen molar-refractivity contribution in [3.8, 4) is 5.75 Å². The number of rotatable bonds is 13. The van der Waals surface area contributed by atoms with E-state index in [0.29, 0.717) is 5.56 Å². The van der Waals surface area contributed by atoms with E-state index in [2.05, 4.69) is 35.6 Å². The largest absolute Gasteiger partial charge is 0.497 e. The fourth-order valence-corrected chi connectivity index (χ4v) is 9.87. The maximum atomic E-state index is 15.0. The standard InChI is InChI=1S/C48H46NO7P/c1-33(35-19-9-4-10-20-35)54-45-43(49-46(50)40-25-15-16-26-42(40)57(38-21-11-5-12-22-38)39-23-13-6-14-24-39)48(52-31-34-17-7-3-8-18-34)55-41-32-53-47(56-44(41)45)36-27-29-37(51-2)30-28-36/h3-30,33,41,43-45,47-48H,31-32H2,1-2H3,(H,49,50)/t33-,41+,43+,44+,45+,47+,48-/m0/s1. The molecule has 6 aromatic rings. The Hall–Kier alpha value is -5.18. The summed E-state index contributed by atoms with van der Waals surface area (Å²) in [4.78, 5) is 15.0. The predicted molar refractivity (Wildman–Crippen MR) is 223 cm³/mol. The van der Waals surface area contributed by atoms with E-state index in [1.807, 2.05) is 146 Å². The maximum absolute atomic E-state index is 15.0. The lowest BCUT2D eigenvalue weighted by Gasteiger charge is -2.50. The molecule has 0 unspecified atom stereocenters. The van der Waals surface area contributed by atoms with Gasteiger partial charge in [0.2, 0.25) is 0 Å². The van der Waals surface area contributed by atoms with Gasteiger partial charge in [0.1, 0.15) is 30.1 Å². The van der Waals surface area contributed by atoms with E-state index in [0.717, 1.165) is 38.4 Å². The van der Waals surface area contributed by atoms with Gasteiger partial charge in [-0.1, -0.05) is 152 Å². The van der Waals surface area contributed by atoms with Crippen LogP contribution in [0.15, 0.2) is 170 Å². The Labute approximate surface area is 335 Å². The Morgan fingerprint density at radius 2 is 1.33 bits per heavy atom. The third kappa shape index (κ3) is 9.03. The second-order valence-corrected chi connectivity index (χ2v) is 16.2. The van der Waals surface area contributed by atoms with Crippen molar-refractivity contribution in [3.63, 3.8) is 0 Å². The van der Waals surface area contributed by atoms with Crippen molar-refractivity contribution in [1.82, 2.24) is 5.32 Å². The Morgan fingerprint density at radius 1 is 0.737 bits per heavy atom. The van der Waals surface area contributed by atoms with Gasteiger partial charge in [0.15, 0.2) is 12.6 Å². The summed E-state index contributed by atoms with van der Waals surface area (Å²) in [5.74, 6) is 0.473. The number of fused-ring (bicyclic) bond motifs is 1. The highest BCUT2D eigenvalue weighted by Crippen LogP contribution is 2.39. The number of hydrogen-bond donors (Lipinski definition) is 1. The van der Waals surface area contributed by atoms with Crippen molar-refractivity contribution in [2.75, 3.05) is 13.7 Å². The molecule has 0 bridgehead atoms. The van der Waals surface area contributed by atoms with Gasteiger partial charge in [-0.05, 0) is 60.1 Å². The first-order valence-electron chi connectivity index (χ1n) is 19.3. The fraction of sp³-hybridized carbons (Fsp3) is 0.229. The first-order chi connectivity index (χ1) is 28.1. The van der Waals surface area contributed by atoms with Gasteiger partial charge in [-0.3, -0.25) is 4.79 Å². The van der Waals surface area contributed by atoms with E-state index in [9.17, 15) is 4.79 Å². The monoisotopic (exact) mass is 779 g/mol. The van der Waals surface area contributed by atoms with Crippen LogP contribution < -0.4 is 26.0 Å². The molecular weight excluding hydrogens is 734 g/mol. The molecule has 2 saturated heterocycles. The molecule has 290 valence electrons. The van der Waals surface area contributed by atoms with Crippen LogP contribution in [0.25, 0.3) is 0 Å². The highest BCUT2D eigenvalue weighted by atomic mass is 31.1. The normalized spacial score (nSPS) is 22.3. The summed E-state index contributed by atoms with van der Waals surface area (Å²) in [6, 6.07) is 55.4. The average Bonchev–Trinajstić information content (AvgIpc) is 3.28. The van der Waals surface area contributed by atoms with Gasteiger partial charge in [0.05, 0.1) is 26.4 Å². The van der Waals surface area contributed by atoms with Gasteiger partial charge < -0.3 is 33.7 Å². The first-order valence-corrected chi connectivity index (χ1v) is 20.6. The van der Waals surface area contributed by atoms with E-state index in [4.69, 9.17) is 28.4 Å². The molecule has 0 spiro atoms. The summed E-state index contributed by atoms with van der Waals surface area (Å²) in [6.45, 7) is 2.51. The van der Waals surface area contributed by atoms with Gasteiger partial charge in [0.25, 0.3) is 5.91 Å². The van der Waals surface area contributed by atoms with Crippen molar-refractivity contribution in [3.05, 3.63) is 192 Å². The van der Waals surface area contributed by atoms with Crippen LogP contribution in [0.5, 0.6) is 5.75 Å². The molecule has 0 radical (unpaired) electrons. The van der Waals surface area contributed by atoms with Crippen LogP contribution >= 0.6 is 7.92 Å². The molecule has 9 heteroatoms. The SMILES string of the molecule is COc1ccc([C@@H]2OC[C@H]3O[C@H](OCc4ccccc4)[C@H](NC(=O)c4ccccc4P(c4ccccc4)c4ccccc4)[C@@H](O[C@@H](C)c4ccccc4)[C@@H]3O2)cc1. The molecule has 6 aromatic carbocycles. The molecule has 2 heterocycles. The third-order valence-corrected chi connectivity index (χ3v) is 12.8. The highest BCUT2D eigenvalue weighted by Gasteiger charge is 2.52. The lowest BCUT2D eigenvalue weighted by atomic mass is 9.94. The molecular formula is C48H46NO7P. The van der Waals surface area contributed by atoms with Crippen molar-refractivity contribution < 1.29 is 33.2 Å². The molecule has 8 rings (SSSR count). The molecule has 2 fully saturated rings. The Kier molecular flexibility index (Phi) is 12.5. The summed E-state index contributed by atoms with van der Waals surface area (Å²) in [5, 5.41) is 6.62. The molecule has 0 aromatic heterocycles. The van der Waals surface area contributed by atoms with Crippen molar-refractivity contribution in [2.24, 2.45) is 0 Å². The number of carbonyl (C=O) groups is 1. The van der Waals surface area contributed by atoms with Crippen LogP contribution in [0, 0.1) is 0 Å². The summed E-state index contributed by atoms with van der Waals surface area (Å²) in [5.41, 5.74) is 3.36. The molecule has 2 aliphatic heterocycles. The molecule has 7 atom stereocenters. The molecule has 2 aliphatic rings. The van der Waals surface area contributed by atoms with Crippen molar-refractivity contribution in [1.29, 1.82) is 0 Å². The number of ether oxygens (including phenoxy) is 6.